The number of hydrogen-bond donors (Lipinski definition) is 2. The second kappa shape index (κ2) is 9.33. The van der Waals surface area contributed by atoms with Gasteiger partial charge in [0.25, 0.3) is 0 Å². The first-order valence-corrected chi connectivity index (χ1v) is 9.78. The Morgan fingerprint density at radius 1 is 1.27 bits per heavy atom. The van der Waals surface area contributed by atoms with Gasteiger partial charge in [-0.3, -0.25) is 4.90 Å². The van der Waals surface area contributed by atoms with E-state index in [2.05, 4.69) is 10.2 Å². The molecule has 6 heteroatoms. The largest absolute Gasteiger partial charge is 0.396 e. The number of rotatable bonds is 8. The normalized spacial score (nSPS) is 21.0. The van der Waals surface area contributed by atoms with Crippen molar-refractivity contribution in [2.45, 2.75) is 38.1 Å². The number of hydrogen-bond acceptors (Lipinski definition) is 3. The highest BCUT2D eigenvalue weighted by molar-refractivity contribution is 5.74. The summed E-state index contributed by atoms with van der Waals surface area (Å²) >= 11 is 0. The topological polar surface area (TPSA) is 55.8 Å². The van der Waals surface area contributed by atoms with E-state index in [1.54, 1.807) is 12.1 Å². The van der Waals surface area contributed by atoms with Crippen molar-refractivity contribution in [3.8, 4) is 0 Å². The van der Waals surface area contributed by atoms with Gasteiger partial charge in [0.1, 0.15) is 5.82 Å². The molecule has 3 rings (SSSR count). The van der Waals surface area contributed by atoms with Crippen molar-refractivity contribution in [2.75, 3.05) is 39.3 Å². The SMILES string of the molecule is O=C(NCCCc1ccccc1F)N1CCN(CC2CC2)[C@H](CCO)C1. The highest BCUT2D eigenvalue weighted by Crippen LogP contribution is 2.31. The maximum atomic E-state index is 13.6. The number of amides is 2. The number of aliphatic hydroxyl groups excluding tert-OH is 1. The molecule has 2 aliphatic rings. The van der Waals surface area contributed by atoms with E-state index in [0.29, 0.717) is 37.9 Å². The van der Waals surface area contributed by atoms with Crippen molar-refractivity contribution in [1.82, 2.24) is 15.1 Å². The zero-order valence-electron chi connectivity index (χ0n) is 15.4. The van der Waals surface area contributed by atoms with E-state index in [9.17, 15) is 14.3 Å². The summed E-state index contributed by atoms with van der Waals surface area (Å²) in [4.78, 5) is 16.7. The third-order valence-corrected chi connectivity index (χ3v) is 5.40. The molecule has 5 nitrogen and oxygen atoms in total. The predicted octanol–water partition coefficient (Wildman–Crippen LogP) is 2.25. The van der Waals surface area contributed by atoms with Crippen LogP contribution in [0.15, 0.2) is 24.3 Å². The highest BCUT2D eigenvalue weighted by atomic mass is 19.1. The van der Waals surface area contributed by atoms with Crippen molar-refractivity contribution in [2.24, 2.45) is 5.92 Å². The number of carbonyl (C=O) groups excluding carboxylic acids is 1. The Hall–Kier alpha value is -1.66. The van der Waals surface area contributed by atoms with Gasteiger partial charge < -0.3 is 15.3 Å². The lowest BCUT2D eigenvalue weighted by atomic mass is 10.1. The van der Waals surface area contributed by atoms with E-state index in [1.807, 2.05) is 11.0 Å². The van der Waals surface area contributed by atoms with Crippen LogP contribution in [0.4, 0.5) is 9.18 Å². The average Bonchev–Trinajstić information content (AvgIpc) is 3.45. The van der Waals surface area contributed by atoms with Crippen LogP contribution in [0.3, 0.4) is 0 Å². The molecule has 1 aliphatic carbocycles. The third kappa shape index (κ3) is 5.42. The molecule has 0 radical (unpaired) electrons. The fourth-order valence-electron chi connectivity index (χ4n) is 3.66. The monoisotopic (exact) mass is 363 g/mol. The first-order chi connectivity index (χ1) is 12.7. The van der Waals surface area contributed by atoms with Crippen LogP contribution in [0.1, 0.15) is 31.2 Å². The molecule has 0 unspecified atom stereocenters. The van der Waals surface area contributed by atoms with Gasteiger partial charge in [0.2, 0.25) is 0 Å². The Morgan fingerprint density at radius 2 is 2.08 bits per heavy atom. The fraction of sp³-hybridized carbons (Fsp3) is 0.650. The molecule has 1 heterocycles. The van der Waals surface area contributed by atoms with E-state index < -0.39 is 0 Å². The van der Waals surface area contributed by atoms with Crippen LogP contribution in [-0.2, 0) is 6.42 Å². The number of nitrogens with zero attached hydrogens (tertiary/aromatic N) is 2. The maximum Gasteiger partial charge on any atom is 0.317 e. The second-order valence-corrected chi connectivity index (χ2v) is 7.48. The van der Waals surface area contributed by atoms with Crippen LogP contribution in [0.2, 0.25) is 0 Å². The quantitative estimate of drug-likeness (QED) is 0.697. The highest BCUT2D eigenvalue weighted by Gasteiger charge is 2.33. The lowest BCUT2D eigenvalue weighted by Gasteiger charge is -2.41. The summed E-state index contributed by atoms with van der Waals surface area (Å²) in [6, 6.07) is 6.98. The summed E-state index contributed by atoms with van der Waals surface area (Å²) in [6.45, 7) is 4.08. The summed E-state index contributed by atoms with van der Waals surface area (Å²) in [5.41, 5.74) is 0.693. The van der Waals surface area contributed by atoms with Gasteiger partial charge in [-0.25, -0.2) is 9.18 Å². The third-order valence-electron chi connectivity index (χ3n) is 5.40. The Labute approximate surface area is 155 Å². The number of urea groups is 1. The van der Waals surface area contributed by atoms with E-state index >= 15 is 0 Å². The zero-order chi connectivity index (χ0) is 18.4. The lowest BCUT2D eigenvalue weighted by Crippen LogP contribution is -2.57. The van der Waals surface area contributed by atoms with Crippen LogP contribution >= 0.6 is 0 Å². The molecule has 1 saturated carbocycles. The molecule has 1 atom stereocenters. The Balaban J connectivity index is 1.40. The predicted molar refractivity (Wildman–Crippen MR) is 99.5 cm³/mol. The van der Waals surface area contributed by atoms with Crippen molar-refractivity contribution < 1.29 is 14.3 Å². The van der Waals surface area contributed by atoms with Gasteiger partial charge in [-0.05, 0) is 49.7 Å². The molecule has 0 bridgehead atoms. The van der Waals surface area contributed by atoms with E-state index in [-0.39, 0.29) is 24.5 Å². The van der Waals surface area contributed by atoms with Crippen LogP contribution in [-0.4, -0.2) is 66.3 Å². The molecular weight excluding hydrogens is 333 g/mol. The number of benzene rings is 1. The average molecular weight is 363 g/mol. The number of piperazine rings is 1. The minimum atomic E-state index is -0.183. The molecule has 1 aromatic rings. The van der Waals surface area contributed by atoms with E-state index in [0.717, 1.165) is 25.6 Å². The van der Waals surface area contributed by atoms with E-state index in [1.165, 1.54) is 18.9 Å². The minimum absolute atomic E-state index is 0.0486. The Kier molecular flexibility index (Phi) is 6.86. The van der Waals surface area contributed by atoms with Gasteiger partial charge in [-0.2, -0.15) is 0 Å². The summed E-state index contributed by atoms with van der Waals surface area (Å²) in [7, 11) is 0. The summed E-state index contributed by atoms with van der Waals surface area (Å²) in [5, 5.41) is 12.3. The number of halogens is 1. The summed E-state index contributed by atoms with van der Waals surface area (Å²) in [6.07, 6.45) is 4.68. The van der Waals surface area contributed by atoms with Crippen LogP contribution in [0.5, 0.6) is 0 Å². The van der Waals surface area contributed by atoms with Crippen molar-refractivity contribution in [3.63, 3.8) is 0 Å². The van der Waals surface area contributed by atoms with Crippen molar-refractivity contribution in [1.29, 1.82) is 0 Å². The van der Waals surface area contributed by atoms with Crippen LogP contribution < -0.4 is 5.32 Å². The molecule has 0 spiro atoms. The van der Waals surface area contributed by atoms with Gasteiger partial charge in [-0.1, -0.05) is 18.2 Å². The van der Waals surface area contributed by atoms with Gasteiger partial charge in [-0.15, -0.1) is 0 Å². The molecule has 144 valence electrons. The zero-order valence-corrected chi connectivity index (χ0v) is 15.4. The Morgan fingerprint density at radius 3 is 2.81 bits per heavy atom. The number of aryl methyl sites for hydroxylation is 1. The van der Waals surface area contributed by atoms with E-state index in [4.69, 9.17) is 0 Å². The smallest absolute Gasteiger partial charge is 0.317 e. The molecular formula is C20H30FN3O2. The molecule has 0 aromatic heterocycles. The molecule has 26 heavy (non-hydrogen) atoms. The maximum absolute atomic E-state index is 13.6. The fourth-order valence-corrected chi connectivity index (χ4v) is 3.66. The standard InChI is InChI=1S/C20H30FN3O2/c21-19-6-2-1-4-17(19)5-3-10-22-20(26)24-12-11-23(14-16-7-8-16)18(15-24)9-13-25/h1-2,4,6,16,18,25H,3,5,7-15H2,(H,22,26)/t18-/m1/s1. The van der Waals surface area contributed by atoms with Gasteiger partial charge in [0.15, 0.2) is 0 Å². The molecule has 2 N–H and O–H groups in total. The summed E-state index contributed by atoms with van der Waals surface area (Å²) in [5.74, 6) is 0.632. The minimum Gasteiger partial charge on any atom is -0.396 e. The first-order valence-electron chi connectivity index (χ1n) is 9.78. The summed E-state index contributed by atoms with van der Waals surface area (Å²) < 4.78 is 13.6. The Bertz CT molecular complexity index is 594. The van der Waals surface area contributed by atoms with Gasteiger partial charge in [0.05, 0.1) is 0 Å². The van der Waals surface area contributed by atoms with Crippen LogP contribution in [0, 0.1) is 11.7 Å². The molecule has 1 saturated heterocycles. The number of nitrogens with one attached hydrogen (secondary N) is 1. The molecule has 2 fully saturated rings. The van der Waals surface area contributed by atoms with Gasteiger partial charge >= 0.3 is 6.03 Å². The van der Waals surface area contributed by atoms with Crippen molar-refractivity contribution >= 4 is 6.03 Å². The van der Waals surface area contributed by atoms with Crippen LogP contribution in [0.25, 0.3) is 0 Å². The number of aliphatic hydroxyl groups is 1. The molecule has 2 amide bonds. The molecule has 1 aliphatic heterocycles. The lowest BCUT2D eigenvalue weighted by molar-refractivity contribution is 0.0704. The molecule has 1 aromatic carbocycles. The first kappa shape index (κ1) is 19.1. The number of carbonyl (C=O) groups is 1. The van der Waals surface area contributed by atoms with Gasteiger partial charge in [0, 0.05) is 45.4 Å². The second-order valence-electron chi connectivity index (χ2n) is 7.48. The van der Waals surface area contributed by atoms with Crippen molar-refractivity contribution in [3.05, 3.63) is 35.6 Å².